The zero-order valence-electron chi connectivity index (χ0n) is 19.7. The van der Waals surface area contributed by atoms with Crippen LogP contribution in [0.15, 0.2) is 24.3 Å². The number of sulfonamides is 1. The summed E-state index contributed by atoms with van der Waals surface area (Å²) in [6, 6.07) is 7.74. The lowest BCUT2D eigenvalue weighted by atomic mass is 10.1. The minimum atomic E-state index is -3.33. The molecule has 6 rings (SSSR count). The number of nitrogens with zero attached hydrogens (tertiary/aromatic N) is 4. The van der Waals surface area contributed by atoms with Crippen molar-refractivity contribution in [3.63, 3.8) is 0 Å². The molecular weight excluding hydrogens is 468 g/mol. The average molecular weight is 499 g/mol. The lowest BCUT2D eigenvalue weighted by Crippen LogP contribution is -2.44. The van der Waals surface area contributed by atoms with Crippen LogP contribution in [0.4, 0.5) is 16.4 Å². The highest BCUT2D eigenvalue weighted by Gasteiger charge is 2.43. The maximum atomic E-state index is 13.0. The van der Waals surface area contributed by atoms with E-state index >= 15 is 0 Å². The Balaban J connectivity index is 1.32. The maximum Gasteiger partial charge on any atom is 0.319 e. The van der Waals surface area contributed by atoms with Gasteiger partial charge < -0.3 is 20.3 Å². The summed E-state index contributed by atoms with van der Waals surface area (Å²) in [5, 5.41) is 5.52. The Morgan fingerprint density at radius 3 is 2.54 bits per heavy atom. The SMILES string of the molecule is C[C@H]1COCCN1c1nc2c(c(-c3ccc(NC(=O)NC4CC4)cc3)n1)CN(S(=O)(=O)C1CC1)C2. The molecular formula is C24H30N6O4S. The first-order chi connectivity index (χ1) is 16.9. The second-order valence-corrected chi connectivity index (χ2v) is 12.1. The normalized spacial score (nSPS) is 22.7. The maximum absolute atomic E-state index is 13.0. The Kier molecular flexibility index (Phi) is 5.65. The van der Waals surface area contributed by atoms with Crippen molar-refractivity contribution in [1.29, 1.82) is 0 Å². The van der Waals surface area contributed by atoms with Gasteiger partial charge in [-0.05, 0) is 44.7 Å². The lowest BCUT2D eigenvalue weighted by molar-refractivity contribution is 0.0981. The summed E-state index contributed by atoms with van der Waals surface area (Å²) in [6.07, 6.45) is 3.52. The molecule has 2 aliphatic carbocycles. The van der Waals surface area contributed by atoms with Gasteiger partial charge in [-0.15, -0.1) is 0 Å². The standard InChI is InChI=1S/C24H30N6O4S/c1-15-14-34-11-10-30(15)23-27-21-13-29(35(32,33)19-8-9-19)12-20(21)22(28-23)16-2-4-17(5-3-16)25-24(31)26-18-6-7-18/h2-5,15,18-19H,6-14H2,1H3,(H2,25,26,31)/t15-/m0/s1. The van der Waals surface area contributed by atoms with Gasteiger partial charge in [0, 0.05) is 35.9 Å². The number of benzene rings is 1. The van der Waals surface area contributed by atoms with Crippen LogP contribution in [0.25, 0.3) is 11.3 Å². The fourth-order valence-electron chi connectivity index (χ4n) is 4.65. The van der Waals surface area contributed by atoms with Gasteiger partial charge in [-0.1, -0.05) is 12.1 Å². The number of nitrogens with one attached hydrogen (secondary N) is 2. The van der Waals surface area contributed by atoms with Crippen molar-refractivity contribution in [2.45, 2.75) is 63.0 Å². The van der Waals surface area contributed by atoms with E-state index in [1.54, 1.807) is 4.31 Å². The molecule has 0 bridgehead atoms. The van der Waals surface area contributed by atoms with Crippen LogP contribution >= 0.6 is 0 Å². The Morgan fingerprint density at radius 2 is 1.86 bits per heavy atom. The Hall–Kier alpha value is -2.76. The fraction of sp³-hybridized carbons (Fsp3) is 0.542. The highest BCUT2D eigenvalue weighted by atomic mass is 32.2. The molecule has 0 radical (unpaired) electrons. The summed E-state index contributed by atoms with van der Waals surface area (Å²) in [7, 11) is -3.33. The molecule has 2 N–H and O–H groups in total. The number of anilines is 2. The first-order valence-electron chi connectivity index (χ1n) is 12.3. The number of hydrogen-bond acceptors (Lipinski definition) is 7. The van der Waals surface area contributed by atoms with E-state index in [0.29, 0.717) is 31.4 Å². The van der Waals surface area contributed by atoms with Crippen LogP contribution in [-0.4, -0.2) is 65.8 Å². The van der Waals surface area contributed by atoms with Crippen LogP contribution in [0.2, 0.25) is 0 Å². The number of urea groups is 1. The second kappa shape index (κ2) is 8.72. The van der Waals surface area contributed by atoms with E-state index in [9.17, 15) is 13.2 Å². The molecule has 3 fully saturated rings. The number of amides is 2. The first kappa shape index (κ1) is 22.7. The van der Waals surface area contributed by atoms with E-state index in [1.165, 1.54) is 0 Å². The van der Waals surface area contributed by atoms with Crippen molar-refractivity contribution in [3.05, 3.63) is 35.5 Å². The van der Waals surface area contributed by atoms with E-state index < -0.39 is 10.0 Å². The molecule has 1 aromatic carbocycles. The van der Waals surface area contributed by atoms with Gasteiger partial charge in [-0.3, -0.25) is 0 Å². The number of carbonyl (C=O) groups excluding carboxylic acids is 1. The molecule has 2 aromatic rings. The predicted octanol–water partition coefficient (Wildman–Crippen LogP) is 2.46. The van der Waals surface area contributed by atoms with Crippen LogP contribution in [0, 0.1) is 0 Å². The molecule has 2 amide bonds. The van der Waals surface area contributed by atoms with Crippen LogP contribution in [0.1, 0.15) is 43.9 Å². The van der Waals surface area contributed by atoms with Crippen molar-refractivity contribution in [1.82, 2.24) is 19.6 Å². The van der Waals surface area contributed by atoms with Gasteiger partial charge in [-0.25, -0.2) is 23.2 Å². The van der Waals surface area contributed by atoms with Gasteiger partial charge >= 0.3 is 6.03 Å². The third-order valence-electron chi connectivity index (χ3n) is 7.00. The fourth-order valence-corrected chi connectivity index (χ4v) is 6.42. The third-order valence-corrected chi connectivity index (χ3v) is 9.29. The molecule has 35 heavy (non-hydrogen) atoms. The first-order valence-corrected chi connectivity index (χ1v) is 13.8. The molecule has 10 nitrogen and oxygen atoms in total. The van der Waals surface area contributed by atoms with E-state index in [1.807, 2.05) is 24.3 Å². The number of aromatic nitrogens is 2. The minimum Gasteiger partial charge on any atom is -0.377 e. The molecule has 186 valence electrons. The third kappa shape index (κ3) is 4.60. The van der Waals surface area contributed by atoms with E-state index in [2.05, 4.69) is 22.5 Å². The molecule has 1 atom stereocenters. The van der Waals surface area contributed by atoms with Gasteiger partial charge in [0.25, 0.3) is 0 Å². The van der Waals surface area contributed by atoms with Gasteiger partial charge in [-0.2, -0.15) is 4.31 Å². The quantitative estimate of drug-likeness (QED) is 0.628. The second-order valence-electron chi connectivity index (χ2n) is 9.88. The summed E-state index contributed by atoms with van der Waals surface area (Å²) in [5.74, 6) is 0.603. The Bertz CT molecular complexity index is 1240. The summed E-state index contributed by atoms with van der Waals surface area (Å²) in [5.41, 5.74) is 3.92. The summed E-state index contributed by atoms with van der Waals surface area (Å²) >= 11 is 0. The highest BCUT2D eigenvalue weighted by molar-refractivity contribution is 7.90. The number of ether oxygens (including phenoxy) is 1. The minimum absolute atomic E-state index is 0.124. The monoisotopic (exact) mass is 498 g/mol. The van der Waals surface area contributed by atoms with Crippen molar-refractivity contribution < 1.29 is 17.9 Å². The highest BCUT2D eigenvalue weighted by Crippen LogP contribution is 2.38. The molecule has 1 aromatic heterocycles. The summed E-state index contributed by atoms with van der Waals surface area (Å²) in [6.45, 7) is 4.52. The topological polar surface area (TPSA) is 117 Å². The molecule has 0 spiro atoms. The number of carbonyl (C=O) groups is 1. The van der Waals surface area contributed by atoms with Crippen molar-refractivity contribution >= 4 is 27.7 Å². The van der Waals surface area contributed by atoms with Gasteiger partial charge in [0.2, 0.25) is 16.0 Å². The lowest BCUT2D eigenvalue weighted by Gasteiger charge is -2.33. The molecule has 3 heterocycles. The number of hydrogen-bond donors (Lipinski definition) is 2. The van der Waals surface area contributed by atoms with E-state index in [0.717, 1.165) is 48.2 Å². The van der Waals surface area contributed by atoms with Crippen LogP contribution in [-0.2, 0) is 27.8 Å². The number of fused-ring (bicyclic) bond motifs is 1. The van der Waals surface area contributed by atoms with Gasteiger partial charge in [0.05, 0.1) is 42.4 Å². The van der Waals surface area contributed by atoms with Gasteiger partial charge in [0.1, 0.15) is 0 Å². The number of morpholine rings is 1. The van der Waals surface area contributed by atoms with E-state index in [-0.39, 0.29) is 36.5 Å². The predicted molar refractivity (Wildman–Crippen MR) is 131 cm³/mol. The van der Waals surface area contributed by atoms with Crippen LogP contribution in [0.5, 0.6) is 0 Å². The molecule has 2 aliphatic heterocycles. The van der Waals surface area contributed by atoms with Crippen molar-refractivity contribution in [3.8, 4) is 11.3 Å². The van der Waals surface area contributed by atoms with Crippen molar-refractivity contribution in [2.75, 3.05) is 30.0 Å². The molecule has 2 saturated carbocycles. The largest absolute Gasteiger partial charge is 0.377 e. The molecule has 1 saturated heterocycles. The Labute approximate surface area is 205 Å². The zero-order valence-corrected chi connectivity index (χ0v) is 20.6. The van der Waals surface area contributed by atoms with Crippen molar-refractivity contribution in [2.24, 2.45) is 0 Å². The smallest absolute Gasteiger partial charge is 0.319 e. The molecule has 0 unspecified atom stereocenters. The van der Waals surface area contributed by atoms with E-state index in [4.69, 9.17) is 14.7 Å². The molecule has 4 aliphatic rings. The summed E-state index contributed by atoms with van der Waals surface area (Å²) in [4.78, 5) is 24.0. The summed E-state index contributed by atoms with van der Waals surface area (Å²) < 4.78 is 33.1. The molecule has 11 heteroatoms. The van der Waals surface area contributed by atoms with Gasteiger partial charge in [0.15, 0.2) is 0 Å². The number of rotatable bonds is 6. The Morgan fingerprint density at radius 1 is 1.09 bits per heavy atom. The van der Waals surface area contributed by atoms with Crippen LogP contribution < -0.4 is 15.5 Å². The zero-order chi connectivity index (χ0) is 24.2. The average Bonchev–Trinajstić information content (AvgIpc) is 3.77. The van der Waals surface area contributed by atoms with Crippen LogP contribution in [0.3, 0.4) is 0 Å².